The molecule has 0 saturated carbocycles. The summed E-state index contributed by atoms with van der Waals surface area (Å²) < 4.78 is 1.80. The van der Waals surface area contributed by atoms with Crippen LogP contribution in [0.3, 0.4) is 0 Å². The normalized spacial score (nSPS) is 10.6. The predicted molar refractivity (Wildman–Crippen MR) is 60.2 cm³/mol. The van der Waals surface area contributed by atoms with E-state index in [0.29, 0.717) is 6.42 Å². The van der Waals surface area contributed by atoms with Gasteiger partial charge in [0, 0.05) is 26.3 Å². The molecule has 5 heteroatoms. The van der Waals surface area contributed by atoms with Crippen molar-refractivity contribution in [2.45, 2.75) is 45.4 Å². The number of aryl methyl sites for hydroxylation is 3. The molecule has 0 aromatic carbocycles. The quantitative estimate of drug-likeness (QED) is 0.715. The Morgan fingerprint density at radius 3 is 2.75 bits per heavy atom. The minimum atomic E-state index is -0.732. The van der Waals surface area contributed by atoms with Gasteiger partial charge in [-0.25, -0.2) is 4.98 Å². The van der Waals surface area contributed by atoms with Gasteiger partial charge in [0.15, 0.2) is 5.82 Å². The van der Waals surface area contributed by atoms with Gasteiger partial charge in [0.1, 0.15) is 5.82 Å². The SMILES string of the molecule is CCCc1nc(CCCCC(=O)O)n(C)n1. The monoisotopic (exact) mass is 225 g/mol. The number of hydrogen-bond acceptors (Lipinski definition) is 3. The molecule has 0 amide bonds. The minimum Gasteiger partial charge on any atom is -0.481 e. The van der Waals surface area contributed by atoms with Crippen molar-refractivity contribution in [2.24, 2.45) is 7.05 Å². The van der Waals surface area contributed by atoms with Crippen molar-refractivity contribution >= 4 is 5.97 Å². The summed E-state index contributed by atoms with van der Waals surface area (Å²) in [6, 6.07) is 0. The number of rotatable bonds is 7. The Labute approximate surface area is 95.5 Å². The van der Waals surface area contributed by atoms with E-state index < -0.39 is 5.97 Å². The van der Waals surface area contributed by atoms with Crippen LogP contribution in [0.15, 0.2) is 0 Å². The van der Waals surface area contributed by atoms with Crippen LogP contribution in [0.5, 0.6) is 0 Å². The molecule has 1 aromatic heterocycles. The van der Waals surface area contributed by atoms with Gasteiger partial charge >= 0.3 is 5.97 Å². The van der Waals surface area contributed by atoms with Crippen LogP contribution < -0.4 is 0 Å². The Bertz CT molecular complexity index is 347. The maximum absolute atomic E-state index is 10.3. The summed E-state index contributed by atoms with van der Waals surface area (Å²) in [7, 11) is 1.89. The fraction of sp³-hybridized carbons (Fsp3) is 0.727. The molecule has 0 spiro atoms. The predicted octanol–water partition coefficient (Wildman–Crippen LogP) is 1.56. The lowest BCUT2D eigenvalue weighted by Crippen LogP contribution is -2.00. The second-order valence-corrected chi connectivity index (χ2v) is 3.92. The Kier molecular flexibility index (Phi) is 4.95. The highest BCUT2D eigenvalue weighted by Gasteiger charge is 2.06. The van der Waals surface area contributed by atoms with E-state index >= 15 is 0 Å². The van der Waals surface area contributed by atoms with E-state index in [1.807, 2.05) is 7.05 Å². The average Bonchev–Trinajstić information content (AvgIpc) is 2.54. The summed E-state index contributed by atoms with van der Waals surface area (Å²) in [5, 5.41) is 12.8. The van der Waals surface area contributed by atoms with Crippen molar-refractivity contribution in [1.29, 1.82) is 0 Å². The minimum absolute atomic E-state index is 0.236. The highest BCUT2D eigenvalue weighted by atomic mass is 16.4. The van der Waals surface area contributed by atoms with E-state index in [-0.39, 0.29) is 6.42 Å². The van der Waals surface area contributed by atoms with Crippen molar-refractivity contribution in [3.8, 4) is 0 Å². The highest BCUT2D eigenvalue weighted by molar-refractivity contribution is 5.66. The van der Waals surface area contributed by atoms with E-state index in [1.165, 1.54) is 0 Å². The van der Waals surface area contributed by atoms with Gasteiger partial charge in [0.05, 0.1) is 0 Å². The molecule has 0 saturated heterocycles. The van der Waals surface area contributed by atoms with Crippen LogP contribution in [-0.4, -0.2) is 25.8 Å². The number of aromatic nitrogens is 3. The standard InChI is InChI=1S/C11H19N3O2/c1-3-6-9-12-10(14(2)13-9)7-4-5-8-11(15)16/h3-8H2,1-2H3,(H,15,16). The molecule has 1 N–H and O–H groups in total. The maximum atomic E-state index is 10.3. The Morgan fingerprint density at radius 1 is 1.38 bits per heavy atom. The van der Waals surface area contributed by atoms with Crippen LogP contribution in [0.4, 0.5) is 0 Å². The van der Waals surface area contributed by atoms with Gasteiger partial charge in [-0.05, 0) is 19.3 Å². The van der Waals surface area contributed by atoms with Crippen molar-refractivity contribution in [1.82, 2.24) is 14.8 Å². The van der Waals surface area contributed by atoms with Crippen molar-refractivity contribution in [3.05, 3.63) is 11.6 Å². The molecule has 16 heavy (non-hydrogen) atoms. The van der Waals surface area contributed by atoms with Crippen LogP contribution in [0.2, 0.25) is 0 Å². The van der Waals surface area contributed by atoms with Crippen LogP contribution in [0.25, 0.3) is 0 Å². The molecule has 0 bridgehead atoms. The summed E-state index contributed by atoms with van der Waals surface area (Å²) >= 11 is 0. The van der Waals surface area contributed by atoms with Crippen LogP contribution in [0, 0.1) is 0 Å². The average molecular weight is 225 g/mol. The number of unbranched alkanes of at least 4 members (excludes halogenated alkanes) is 1. The van der Waals surface area contributed by atoms with Gasteiger partial charge in [-0.2, -0.15) is 5.10 Å². The number of carbonyl (C=O) groups is 1. The van der Waals surface area contributed by atoms with Crippen LogP contribution in [-0.2, 0) is 24.7 Å². The highest BCUT2D eigenvalue weighted by Crippen LogP contribution is 2.05. The van der Waals surface area contributed by atoms with E-state index in [9.17, 15) is 4.79 Å². The van der Waals surface area contributed by atoms with E-state index in [2.05, 4.69) is 17.0 Å². The number of hydrogen-bond donors (Lipinski definition) is 1. The summed E-state index contributed by atoms with van der Waals surface area (Å²) in [6.45, 7) is 2.10. The molecular weight excluding hydrogens is 206 g/mol. The van der Waals surface area contributed by atoms with Gasteiger partial charge < -0.3 is 5.11 Å². The Hall–Kier alpha value is -1.39. The largest absolute Gasteiger partial charge is 0.481 e. The zero-order valence-electron chi connectivity index (χ0n) is 9.94. The third-order valence-electron chi connectivity index (χ3n) is 2.41. The Morgan fingerprint density at radius 2 is 2.12 bits per heavy atom. The fourth-order valence-electron chi connectivity index (χ4n) is 1.58. The Balaban J connectivity index is 2.38. The maximum Gasteiger partial charge on any atom is 0.303 e. The summed E-state index contributed by atoms with van der Waals surface area (Å²) in [5.41, 5.74) is 0. The van der Waals surface area contributed by atoms with Crippen LogP contribution >= 0.6 is 0 Å². The molecular formula is C11H19N3O2. The van der Waals surface area contributed by atoms with Gasteiger partial charge in [-0.1, -0.05) is 6.92 Å². The molecule has 0 unspecified atom stereocenters. The van der Waals surface area contributed by atoms with Gasteiger partial charge in [-0.15, -0.1) is 0 Å². The molecule has 0 radical (unpaired) electrons. The van der Waals surface area contributed by atoms with E-state index in [0.717, 1.165) is 37.3 Å². The number of aliphatic carboxylic acids is 1. The molecule has 0 aliphatic rings. The van der Waals surface area contributed by atoms with Crippen molar-refractivity contribution in [2.75, 3.05) is 0 Å². The van der Waals surface area contributed by atoms with Gasteiger partial charge in [0.2, 0.25) is 0 Å². The molecule has 0 aliphatic carbocycles. The smallest absolute Gasteiger partial charge is 0.303 e. The first-order chi connectivity index (χ1) is 7.63. The molecule has 0 fully saturated rings. The summed E-state index contributed by atoms with van der Waals surface area (Å²) in [5.74, 6) is 1.11. The first-order valence-electron chi connectivity index (χ1n) is 5.74. The summed E-state index contributed by atoms with van der Waals surface area (Å²) in [6.07, 6.45) is 4.54. The molecule has 1 heterocycles. The molecule has 1 aromatic rings. The number of carboxylic acids is 1. The lowest BCUT2D eigenvalue weighted by molar-refractivity contribution is -0.137. The van der Waals surface area contributed by atoms with Gasteiger partial charge in [0.25, 0.3) is 0 Å². The second-order valence-electron chi connectivity index (χ2n) is 3.92. The molecule has 5 nitrogen and oxygen atoms in total. The van der Waals surface area contributed by atoms with Crippen molar-refractivity contribution < 1.29 is 9.90 Å². The van der Waals surface area contributed by atoms with E-state index in [1.54, 1.807) is 4.68 Å². The third kappa shape index (κ3) is 4.00. The fourth-order valence-corrected chi connectivity index (χ4v) is 1.58. The second kappa shape index (κ2) is 6.25. The van der Waals surface area contributed by atoms with Crippen molar-refractivity contribution in [3.63, 3.8) is 0 Å². The molecule has 1 rings (SSSR count). The lowest BCUT2D eigenvalue weighted by Gasteiger charge is -1.98. The molecule has 0 aliphatic heterocycles. The van der Waals surface area contributed by atoms with Crippen LogP contribution in [0.1, 0.15) is 44.3 Å². The lowest BCUT2D eigenvalue weighted by atomic mass is 10.2. The topological polar surface area (TPSA) is 68.0 Å². The number of nitrogens with zero attached hydrogens (tertiary/aromatic N) is 3. The van der Waals surface area contributed by atoms with E-state index in [4.69, 9.17) is 5.11 Å². The zero-order valence-corrected chi connectivity index (χ0v) is 9.94. The number of carboxylic acid groups (broad SMARTS) is 1. The summed E-state index contributed by atoms with van der Waals surface area (Å²) in [4.78, 5) is 14.8. The third-order valence-corrected chi connectivity index (χ3v) is 2.41. The molecule has 0 atom stereocenters. The zero-order chi connectivity index (χ0) is 12.0. The first kappa shape index (κ1) is 12.7. The van der Waals surface area contributed by atoms with Gasteiger partial charge in [-0.3, -0.25) is 9.48 Å². The molecule has 90 valence electrons. The first-order valence-corrected chi connectivity index (χ1v) is 5.74.